The summed E-state index contributed by atoms with van der Waals surface area (Å²) in [6.07, 6.45) is 2.07. The Kier molecular flexibility index (Phi) is 4.38. The van der Waals surface area contributed by atoms with Crippen molar-refractivity contribution >= 4 is 23.8 Å². The Bertz CT molecular complexity index is 359. The van der Waals surface area contributed by atoms with Gasteiger partial charge in [-0.25, -0.2) is 0 Å². The zero-order valence-corrected chi connectivity index (χ0v) is 7.78. The summed E-state index contributed by atoms with van der Waals surface area (Å²) in [5.74, 6) is 0. The summed E-state index contributed by atoms with van der Waals surface area (Å²) in [4.78, 5) is 0. The van der Waals surface area contributed by atoms with Gasteiger partial charge in [-0.1, -0.05) is 28.5 Å². The van der Waals surface area contributed by atoms with Crippen molar-refractivity contribution in [1.82, 2.24) is 0 Å². The Morgan fingerprint density at radius 2 is 1.67 bits per heavy atom. The highest BCUT2D eigenvalue weighted by molar-refractivity contribution is 6.55. The molecule has 78 valence electrons. The van der Waals surface area contributed by atoms with E-state index in [0.717, 1.165) is 18.1 Å². The van der Waals surface area contributed by atoms with Crippen LogP contribution in [0.4, 0.5) is 5.69 Å². The van der Waals surface area contributed by atoms with Crippen molar-refractivity contribution in [2.24, 2.45) is 15.4 Å². The minimum Gasteiger partial charge on any atom is -0.411 e. The third-order valence-corrected chi connectivity index (χ3v) is 1.47. The third-order valence-electron chi connectivity index (χ3n) is 1.47. The Balaban J connectivity index is 2.69. The van der Waals surface area contributed by atoms with Crippen molar-refractivity contribution in [3.05, 3.63) is 30.3 Å². The highest BCUT2D eigenvalue weighted by atomic mass is 16.4. The molecule has 0 atom stereocenters. The normalized spacial score (nSPS) is 10.7. The molecule has 6 nitrogen and oxygen atoms in total. The van der Waals surface area contributed by atoms with Gasteiger partial charge in [-0.2, -0.15) is 5.10 Å². The highest BCUT2D eigenvalue weighted by Crippen LogP contribution is 2.03. The second-order valence-electron chi connectivity index (χ2n) is 2.50. The van der Waals surface area contributed by atoms with Gasteiger partial charge in [0.05, 0.1) is 18.1 Å². The van der Waals surface area contributed by atoms with Crippen LogP contribution in [0.2, 0.25) is 0 Å². The molecule has 0 spiro atoms. The predicted molar refractivity (Wildman–Crippen MR) is 58.1 cm³/mol. The number of nitrogens with zero attached hydrogens (tertiary/aromatic N) is 3. The maximum atomic E-state index is 8.28. The molecule has 0 aliphatic carbocycles. The topological polar surface area (TPSA) is 89.6 Å². The lowest BCUT2D eigenvalue weighted by molar-refractivity contribution is 0.321. The Labute approximate surface area is 86.2 Å². The number of nitrogens with one attached hydrogen (secondary N) is 1. The summed E-state index contributed by atoms with van der Waals surface area (Å²) in [7, 11) is 0. The fourth-order valence-electron chi connectivity index (χ4n) is 0.851. The quantitative estimate of drug-likeness (QED) is 0.395. The molecule has 15 heavy (non-hydrogen) atoms. The van der Waals surface area contributed by atoms with E-state index >= 15 is 0 Å². The molecule has 0 bridgehead atoms. The van der Waals surface area contributed by atoms with Crippen molar-refractivity contribution in [1.29, 1.82) is 0 Å². The smallest absolute Gasteiger partial charge is 0.126 e. The fraction of sp³-hybridized carbons (Fsp3) is 0. The van der Waals surface area contributed by atoms with Crippen LogP contribution in [0.15, 0.2) is 45.7 Å². The molecule has 0 saturated heterocycles. The molecule has 0 amide bonds. The first-order chi connectivity index (χ1) is 7.36. The molecular formula is C9H10N4O2. The summed E-state index contributed by atoms with van der Waals surface area (Å²) in [6, 6.07) is 9.19. The van der Waals surface area contributed by atoms with Crippen molar-refractivity contribution in [3.8, 4) is 0 Å². The van der Waals surface area contributed by atoms with Crippen LogP contribution in [0.1, 0.15) is 0 Å². The standard InChI is InChI=1S/C9H10N4O2/c14-10-6-9(7-11-15)13-12-8-4-2-1-3-5-8/h1-7,12,14-15H/b10-6+,11-7+. The summed E-state index contributed by atoms with van der Waals surface area (Å²) >= 11 is 0. The van der Waals surface area contributed by atoms with E-state index in [2.05, 4.69) is 20.8 Å². The summed E-state index contributed by atoms with van der Waals surface area (Å²) in [5.41, 5.74) is 3.65. The number of hydrogen-bond acceptors (Lipinski definition) is 6. The zero-order chi connectivity index (χ0) is 10.9. The predicted octanol–water partition coefficient (Wildman–Crippen LogP) is 1.37. The number of hydrogen-bond donors (Lipinski definition) is 3. The second kappa shape index (κ2) is 6.14. The van der Waals surface area contributed by atoms with Gasteiger partial charge in [-0.05, 0) is 12.1 Å². The number of oxime groups is 2. The van der Waals surface area contributed by atoms with Crippen LogP contribution < -0.4 is 5.43 Å². The van der Waals surface area contributed by atoms with Gasteiger partial charge in [0.25, 0.3) is 0 Å². The minimum absolute atomic E-state index is 0.184. The average molecular weight is 206 g/mol. The fourth-order valence-corrected chi connectivity index (χ4v) is 0.851. The summed E-state index contributed by atoms with van der Waals surface area (Å²) < 4.78 is 0. The van der Waals surface area contributed by atoms with Crippen molar-refractivity contribution < 1.29 is 10.4 Å². The summed E-state index contributed by atoms with van der Waals surface area (Å²) in [5, 5.41) is 25.9. The number of hydrazone groups is 1. The van der Waals surface area contributed by atoms with Gasteiger partial charge >= 0.3 is 0 Å². The Hall–Kier alpha value is -2.37. The minimum atomic E-state index is 0.184. The molecule has 1 aromatic rings. The maximum absolute atomic E-state index is 8.28. The lowest BCUT2D eigenvalue weighted by Crippen LogP contribution is -2.05. The molecule has 0 radical (unpaired) electrons. The van der Waals surface area contributed by atoms with E-state index in [9.17, 15) is 0 Å². The number of para-hydroxylation sites is 1. The van der Waals surface area contributed by atoms with Gasteiger partial charge in [0.15, 0.2) is 0 Å². The molecule has 0 aromatic heterocycles. The molecule has 0 aliphatic heterocycles. The lowest BCUT2D eigenvalue weighted by Gasteiger charge is -1.98. The zero-order valence-electron chi connectivity index (χ0n) is 7.78. The van der Waals surface area contributed by atoms with Gasteiger partial charge in [0.2, 0.25) is 0 Å². The third kappa shape index (κ3) is 3.90. The number of rotatable bonds is 4. The molecule has 0 aliphatic rings. The van der Waals surface area contributed by atoms with Crippen LogP contribution in [0.25, 0.3) is 0 Å². The van der Waals surface area contributed by atoms with Gasteiger partial charge in [-0.3, -0.25) is 5.43 Å². The molecule has 6 heteroatoms. The molecule has 0 fully saturated rings. The Morgan fingerprint density at radius 3 is 2.20 bits per heavy atom. The lowest BCUT2D eigenvalue weighted by atomic mass is 10.3. The molecule has 0 unspecified atom stereocenters. The Morgan fingerprint density at radius 1 is 1.07 bits per heavy atom. The SMILES string of the molecule is O/N=C/C(/C=N/O)=NNc1ccccc1. The largest absolute Gasteiger partial charge is 0.411 e. The van der Waals surface area contributed by atoms with Gasteiger partial charge in [-0.15, -0.1) is 0 Å². The first-order valence-electron chi connectivity index (χ1n) is 4.10. The van der Waals surface area contributed by atoms with Crippen LogP contribution in [0.3, 0.4) is 0 Å². The maximum Gasteiger partial charge on any atom is 0.126 e. The van der Waals surface area contributed by atoms with Gasteiger partial charge in [0, 0.05) is 0 Å². The second-order valence-corrected chi connectivity index (χ2v) is 2.50. The number of anilines is 1. The van der Waals surface area contributed by atoms with E-state index < -0.39 is 0 Å². The average Bonchev–Trinajstić information content (AvgIpc) is 2.28. The highest BCUT2D eigenvalue weighted by Gasteiger charge is 1.91. The monoisotopic (exact) mass is 206 g/mol. The summed E-state index contributed by atoms with van der Waals surface area (Å²) in [6.45, 7) is 0. The molecule has 0 heterocycles. The van der Waals surface area contributed by atoms with E-state index in [1.54, 1.807) is 0 Å². The van der Waals surface area contributed by atoms with E-state index in [-0.39, 0.29) is 5.71 Å². The van der Waals surface area contributed by atoms with E-state index in [1.165, 1.54) is 0 Å². The van der Waals surface area contributed by atoms with Crippen LogP contribution in [-0.2, 0) is 0 Å². The van der Waals surface area contributed by atoms with E-state index in [1.807, 2.05) is 30.3 Å². The van der Waals surface area contributed by atoms with Crippen LogP contribution in [-0.4, -0.2) is 28.6 Å². The van der Waals surface area contributed by atoms with Crippen LogP contribution in [0.5, 0.6) is 0 Å². The van der Waals surface area contributed by atoms with Crippen molar-refractivity contribution in [2.45, 2.75) is 0 Å². The molecular weight excluding hydrogens is 196 g/mol. The van der Waals surface area contributed by atoms with Gasteiger partial charge in [0.1, 0.15) is 5.71 Å². The molecule has 1 aromatic carbocycles. The van der Waals surface area contributed by atoms with Gasteiger partial charge < -0.3 is 10.4 Å². The first kappa shape index (κ1) is 10.7. The van der Waals surface area contributed by atoms with Crippen LogP contribution in [0, 0.1) is 0 Å². The number of benzene rings is 1. The molecule has 1 rings (SSSR count). The molecule has 0 saturated carbocycles. The van der Waals surface area contributed by atoms with E-state index in [0.29, 0.717) is 0 Å². The van der Waals surface area contributed by atoms with Crippen molar-refractivity contribution in [3.63, 3.8) is 0 Å². The van der Waals surface area contributed by atoms with E-state index in [4.69, 9.17) is 10.4 Å². The van der Waals surface area contributed by atoms with Crippen LogP contribution >= 0.6 is 0 Å². The van der Waals surface area contributed by atoms with Crippen molar-refractivity contribution in [2.75, 3.05) is 5.43 Å². The first-order valence-corrected chi connectivity index (χ1v) is 4.10. The molecule has 3 N–H and O–H groups in total.